The molecule has 1 aromatic rings. The van der Waals surface area contributed by atoms with Gasteiger partial charge in [-0.15, -0.1) is 11.8 Å². The van der Waals surface area contributed by atoms with E-state index >= 15 is 0 Å². The van der Waals surface area contributed by atoms with Crippen LogP contribution in [0.1, 0.15) is 25.3 Å². The van der Waals surface area contributed by atoms with Crippen LogP contribution >= 0.6 is 11.8 Å². The van der Waals surface area contributed by atoms with Gasteiger partial charge in [-0.25, -0.2) is 0 Å². The summed E-state index contributed by atoms with van der Waals surface area (Å²) < 4.78 is 16.5. The second-order valence-corrected chi connectivity index (χ2v) is 6.09. The van der Waals surface area contributed by atoms with Crippen LogP contribution in [-0.4, -0.2) is 39.2 Å². The molecule has 0 aliphatic carbocycles. The quantitative estimate of drug-likeness (QED) is 0.784. The van der Waals surface area contributed by atoms with Crippen molar-refractivity contribution < 1.29 is 14.2 Å². The van der Waals surface area contributed by atoms with Crippen molar-refractivity contribution in [2.45, 2.75) is 43.4 Å². The van der Waals surface area contributed by atoms with E-state index in [9.17, 15) is 0 Å². The van der Waals surface area contributed by atoms with Crippen molar-refractivity contribution in [2.75, 3.05) is 27.1 Å². The number of ether oxygens (including phenoxy) is 3. The molecule has 1 aliphatic heterocycles. The third-order valence-electron chi connectivity index (χ3n) is 3.92. The van der Waals surface area contributed by atoms with Gasteiger partial charge in [0.2, 0.25) is 0 Å². The molecule has 21 heavy (non-hydrogen) atoms. The van der Waals surface area contributed by atoms with Crippen LogP contribution in [0.4, 0.5) is 0 Å². The van der Waals surface area contributed by atoms with Crippen LogP contribution in [0.2, 0.25) is 0 Å². The Hall–Kier alpha value is -0.910. The number of nitrogens with one attached hydrogen (secondary N) is 1. The standard InChI is InChI=1S/C16H25NO3S/c1-11(13-6-5-7-20-13)17-10-12-8-14(18-2)15(19-3)9-16(12)21-4/h8-9,11,13,17H,5-7,10H2,1-4H3. The van der Waals surface area contributed by atoms with Gasteiger partial charge in [0, 0.05) is 24.1 Å². The molecule has 0 amide bonds. The van der Waals surface area contributed by atoms with Crippen LogP contribution in [0.5, 0.6) is 11.5 Å². The van der Waals surface area contributed by atoms with Gasteiger partial charge >= 0.3 is 0 Å². The van der Waals surface area contributed by atoms with E-state index in [0.717, 1.165) is 31.1 Å². The van der Waals surface area contributed by atoms with Gasteiger partial charge in [0.1, 0.15) is 0 Å². The highest BCUT2D eigenvalue weighted by atomic mass is 32.2. The molecule has 1 N–H and O–H groups in total. The number of hydrogen-bond acceptors (Lipinski definition) is 5. The van der Waals surface area contributed by atoms with Gasteiger partial charge in [0.25, 0.3) is 0 Å². The van der Waals surface area contributed by atoms with Crippen molar-refractivity contribution in [3.63, 3.8) is 0 Å². The summed E-state index contributed by atoms with van der Waals surface area (Å²) in [5.41, 5.74) is 1.23. The van der Waals surface area contributed by atoms with Crippen LogP contribution in [0, 0.1) is 0 Å². The number of methoxy groups -OCH3 is 2. The summed E-state index contributed by atoms with van der Waals surface area (Å²) in [5.74, 6) is 1.55. The highest BCUT2D eigenvalue weighted by Crippen LogP contribution is 2.34. The van der Waals surface area contributed by atoms with E-state index in [2.05, 4.69) is 24.6 Å². The SMILES string of the molecule is COc1cc(CNC(C)C2CCCO2)c(SC)cc1OC. The van der Waals surface area contributed by atoms with Gasteiger partial charge in [-0.3, -0.25) is 0 Å². The van der Waals surface area contributed by atoms with Crippen LogP contribution in [0.3, 0.4) is 0 Å². The molecule has 2 unspecified atom stereocenters. The topological polar surface area (TPSA) is 39.7 Å². The predicted molar refractivity (Wildman–Crippen MR) is 86.6 cm³/mol. The zero-order valence-electron chi connectivity index (χ0n) is 13.3. The van der Waals surface area contributed by atoms with Crippen LogP contribution in [0.25, 0.3) is 0 Å². The minimum absolute atomic E-state index is 0.336. The molecule has 2 rings (SSSR count). The van der Waals surface area contributed by atoms with Crippen molar-refractivity contribution in [2.24, 2.45) is 0 Å². The summed E-state index contributed by atoms with van der Waals surface area (Å²) in [6.45, 7) is 3.89. The van der Waals surface area contributed by atoms with Crippen molar-refractivity contribution >= 4 is 11.8 Å². The first kappa shape index (κ1) is 16.5. The van der Waals surface area contributed by atoms with E-state index in [1.807, 2.05) is 6.07 Å². The summed E-state index contributed by atoms with van der Waals surface area (Å²) in [5, 5.41) is 3.57. The average Bonchev–Trinajstić information content (AvgIpc) is 3.06. The van der Waals surface area contributed by atoms with E-state index in [1.165, 1.54) is 16.9 Å². The minimum atomic E-state index is 0.336. The third kappa shape index (κ3) is 4.05. The maximum absolute atomic E-state index is 5.73. The largest absolute Gasteiger partial charge is 0.493 e. The molecule has 4 nitrogen and oxygen atoms in total. The van der Waals surface area contributed by atoms with Crippen molar-refractivity contribution in [1.29, 1.82) is 0 Å². The van der Waals surface area contributed by atoms with Crippen LogP contribution in [0.15, 0.2) is 17.0 Å². The Morgan fingerprint density at radius 3 is 2.62 bits per heavy atom. The smallest absolute Gasteiger partial charge is 0.161 e. The molecule has 0 spiro atoms. The molecule has 118 valence electrons. The molecule has 1 fully saturated rings. The van der Waals surface area contributed by atoms with Crippen molar-refractivity contribution in [3.05, 3.63) is 17.7 Å². The van der Waals surface area contributed by atoms with E-state index in [-0.39, 0.29) is 0 Å². The molecular weight excluding hydrogens is 286 g/mol. The Morgan fingerprint density at radius 1 is 1.33 bits per heavy atom. The van der Waals surface area contributed by atoms with E-state index < -0.39 is 0 Å². The van der Waals surface area contributed by atoms with Gasteiger partial charge in [0.05, 0.1) is 20.3 Å². The number of benzene rings is 1. The molecular formula is C16H25NO3S. The van der Waals surface area contributed by atoms with Gasteiger partial charge < -0.3 is 19.5 Å². The minimum Gasteiger partial charge on any atom is -0.493 e. The molecule has 1 heterocycles. The second kappa shape index (κ2) is 7.92. The van der Waals surface area contributed by atoms with E-state index in [4.69, 9.17) is 14.2 Å². The van der Waals surface area contributed by atoms with Gasteiger partial charge in [0.15, 0.2) is 11.5 Å². The Bertz CT molecular complexity index is 461. The monoisotopic (exact) mass is 311 g/mol. The Balaban J connectivity index is 2.07. The Morgan fingerprint density at radius 2 is 2.05 bits per heavy atom. The lowest BCUT2D eigenvalue weighted by molar-refractivity contribution is 0.0831. The average molecular weight is 311 g/mol. The van der Waals surface area contributed by atoms with Crippen molar-refractivity contribution in [1.82, 2.24) is 5.32 Å². The lowest BCUT2D eigenvalue weighted by atomic mass is 10.1. The second-order valence-electron chi connectivity index (χ2n) is 5.24. The summed E-state index contributed by atoms with van der Waals surface area (Å²) in [6.07, 6.45) is 4.73. The summed E-state index contributed by atoms with van der Waals surface area (Å²) in [6, 6.07) is 4.45. The van der Waals surface area contributed by atoms with Crippen molar-refractivity contribution in [3.8, 4) is 11.5 Å². The zero-order valence-corrected chi connectivity index (χ0v) is 14.1. The first-order valence-electron chi connectivity index (χ1n) is 7.33. The molecule has 0 aromatic heterocycles. The fourth-order valence-electron chi connectivity index (χ4n) is 2.63. The normalized spacial score (nSPS) is 19.5. The Kier molecular flexibility index (Phi) is 6.21. The van der Waals surface area contributed by atoms with Gasteiger partial charge in [-0.05, 0) is 43.7 Å². The van der Waals surface area contributed by atoms with Crippen LogP contribution < -0.4 is 14.8 Å². The summed E-state index contributed by atoms with van der Waals surface area (Å²) in [7, 11) is 3.34. The summed E-state index contributed by atoms with van der Waals surface area (Å²) >= 11 is 1.72. The molecule has 0 saturated carbocycles. The summed E-state index contributed by atoms with van der Waals surface area (Å²) in [4.78, 5) is 1.21. The molecule has 1 saturated heterocycles. The third-order valence-corrected chi connectivity index (χ3v) is 4.74. The van der Waals surface area contributed by atoms with Gasteiger partial charge in [-0.2, -0.15) is 0 Å². The molecule has 5 heteroatoms. The molecule has 0 bridgehead atoms. The fraction of sp³-hybridized carbons (Fsp3) is 0.625. The highest BCUT2D eigenvalue weighted by molar-refractivity contribution is 7.98. The molecule has 1 aromatic carbocycles. The Labute approximate surface area is 131 Å². The predicted octanol–water partition coefficient (Wildman–Crippen LogP) is 3.08. The maximum atomic E-state index is 5.73. The number of hydrogen-bond donors (Lipinski definition) is 1. The fourth-order valence-corrected chi connectivity index (χ4v) is 3.25. The molecule has 1 aliphatic rings. The highest BCUT2D eigenvalue weighted by Gasteiger charge is 2.22. The lowest BCUT2D eigenvalue weighted by Gasteiger charge is -2.21. The number of thioether (sulfide) groups is 1. The molecule has 0 radical (unpaired) electrons. The van der Waals surface area contributed by atoms with Crippen LogP contribution in [-0.2, 0) is 11.3 Å². The first-order chi connectivity index (χ1) is 10.2. The van der Waals surface area contributed by atoms with E-state index in [1.54, 1.807) is 26.0 Å². The number of rotatable bonds is 7. The zero-order chi connectivity index (χ0) is 15.2. The first-order valence-corrected chi connectivity index (χ1v) is 8.56. The lowest BCUT2D eigenvalue weighted by Crippen LogP contribution is -2.36. The molecule has 2 atom stereocenters. The maximum Gasteiger partial charge on any atom is 0.161 e. The van der Waals surface area contributed by atoms with Gasteiger partial charge in [-0.1, -0.05) is 0 Å². The van der Waals surface area contributed by atoms with E-state index in [0.29, 0.717) is 12.1 Å².